The van der Waals surface area contributed by atoms with Crippen molar-refractivity contribution < 1.29 is 24.4 Å². The van der Waals surface area contributed by atoms with E-state index in [0.29, 0.717) is 0 Å². The third kappa shape index (κ3) is 4.61. The molecule has 0 aliphatic carbocycles. The number of non-ortho nitro benzene ring substituents is 1. The Morgan fingerprint density at radius 2 is 1.93 bits per heavy atom. The minimum absolute atomic E-state index is 0.0669. The van der Waals surface area contributed by atoms with Crippen molar-refractivity contribution in [2.24, 2.45) is 0 Å². The molecule has 0 unspecified atom stereocenters. The van der Waals surface area contributed by atoms with Gasteiger partial charge in [-0.2, -0.15) is 0 Å². The van der Waals surface area contributed by atoms with Crippen LogP contribution in [0.25, 0.3) is 6.08 Å². The van der Waals surface area contributed by atoms with Crippen LogP contribution in [0.4, 0.5) is 16.2 Å². The lowest BCUT2D eigenvalue weighted by Gasteiger charge is -2.13. The van der Waals surface area contributed by atoms with Crippen LogP contribution in [0, 0.1) is 17.0 Å². The number of imide groups is 1. The highest BCUT2D eigenvalue weighted by atomic mass is 32.2. The lowest BCUT2D eigenvalue weighted by atomic mass is 10.1. The third-order valence-corrected chi connectivity index (χ3v) is 4.92. The summed E-state index contributed by atoms with van der Waals surface area (Å²) in [7, 11) is 0. The van der Waals surface area contributed by atoms with E-state index >= 15 is 0 Å². The first kappa shape index (κ1) is 20.1. The van der Waals surface area contributed by atoms with Crippen LogP contribution in [0.5, 0.6) is 5.75 Å². The zero-order valence-corrected chi connectivity index (χ0v) is 15.9. The van der Waals surface area contributed by atoms with Crippen LogP contribution >= 0.6 is 11.8 Å². The van der Waals surface area contributed by atoms with Gasteiger partial charge in [0.25, 0.3) is 16.8 Å². The Morgan fingerprint density at radius 3 is 2.55 bits per heavy atom. The number of carbonyl (C=O) groups excluding carboxylic acids is 3. The molecule has 1 fully saturated rings. The van der Waals surface area contributed by atoms with E-state index < -0.39 is 34.3 Å². The van der Waals surface area contributed by atoms with Gasteiger partial charge in [-0.1, -0.05) is 29.8 Å². The second-order valence-electron chi connectivity index (χ2n) is 6.19. The largest absolute Gasteiger partial charge is 0.506 e. The minimum Gasteiger partial charge on any atom is -0.506 e. The van der Waals surface area contributed by atoms with Crippen molar-refractivity contribution >= 4 is 46.3 Å². The molecule has 2 aromatic rings. The van der Waals surface area contributed by atoms with Gasteiger partial charge < -0.3 is 10.4 Å². The number of nitro benzene ring substituents is 1. The summed E-state index contributed by atoms with van der Waals surface area (Å²) < 4.78 is 0. The molecule has 0 aromatic heterocycles. The number of amides is 3. The number of rotatable bonds is 5. The summed E-state index contributed by atoms with van der Waals surface area (Å²) >= 11 is 0.732. The molecule has 0 radical (unpaired) electrons. The van der Waals surface area contributed by atoms with Gasteiger partial charge in [-0.25, -0.2) is 0 Å². The molecule has 0 saturated carbocycles. The standard InChI is InChI=1S/C19H15N3O6S/c1-11-2-4-12(5-3-11)8-16-18(25)21(19(26)29-16)10-17(24)20-14-7-6-13(22(27)28)9-15(14)23/h2-9,23H,10H2,1H3,(H,20,24)/b16-8-. The molecule has 10 heteroatoms. The first-order valence-electron chi connectivity index (χ1n) is 8.34. The predicted molar refractivity (Wildman–Crippen MR) is 107 cm³/mol. The molecule has 1 aliphatic rings. The number of nitrogens with one attached hydrogen (secondary N) is 1. The van der Waals surface area contributed by atoms with Crippen molar-refractivity contribution in [3.05, 3.63) is 68.6 Å². The molecule has 2 N–H and O–H groups in total. The van der Waals surface area contributed by atoms with Crippen LogP contribution in [-0.2, 0) is 9.59 Å². The van der Waals surface area contributed by atoms with Gasteiger partial charge in [0.1, 0.15) is 12.3 Å². The normalized spacial score (nSPS) is 15.1. The first-order valence-corrected chi connectivity index (χ1v) is 9.15. The zero-order valence-electron chi connectivity index (χ0n) is 15.1. The second kappa shape index (κ2) is 8.15. The van der Waals surface area contributed by atoms with E-state index in [1.807, 2.05) is 31.2 Å². The Labute approximate surface area is 169 Å². The second-order valence-corrected chi connectivity index (χ2v) is 7.18. The Kier molecular flexibility index (Phi) is 5.64. The van der Waals surface area contributed by atoms with Crippen molar-refractivity contribution in [2.75, 3.05) is 11.9 Å². The van der Waals surface area contributed by atoms with Crippen molar-refractivity contribution in [1.29, 1.82) is 0 Å². The Morgan fingerprint density at radius 1 is 1.24 bits per heavy atom. The van der Waals surface area contributed by atoms with Crippen LogP contribution in [-0.4, -0.2) is 38.5 Å². The fourth-order valence-electron chi connectivity index (χ4n) is 2.52. The van der Waals surface area contributed by atoms with E-state index in [1.54, 1.807) is 6.08 Å². The Balaban J connectivity index is 1.69. The van der Waals surface area contributed by atoms with Crippen molar-refractivity contribution in [1.82, 2.24) is 4.90 Å². The molecule has 0 atom stereocenters. The molecule has 0 spiro atoms. The van der Waals surface area contributed by atoms with Crippen molar-refractivity contribution in [2.45, 2.75) is 6.92 Å². The number of phenolic OH excluding ortho intramolecular Hbond substituents is 1. The van der Waals surface area contributed by atoms with Gasteiger partial charge in [-0.05, 0) is 36.4 Å². The number of aryl methyl sites for hydroxylation is 1. The number of anilines is 1. The number of hydrogen-bond donors (Lipinski definition) is 2. The zero-order chi connectivity index (χ0) is 21.1. The topological polar surface area (TPSA) is 130 Å². The summed E-state index contributed by atoms with van der Waals surface area (Å²) in [4.78, 5) is 47.8. The van der Waals surface area contributed by atoms with E-state index in [1.165, 1.54) is 0 Å². The van der Waals surface area contributed by atoms with Gasteiger partial charge in [0, 0.05) is 6.07 Å². The number of carbonyl (C=O) groups is 3. The maximum absolute atomic E-state index is 12.5. The number of hydrogen-bond acceptors (Lipinski definition) is 7. The van der Waals surface area contributed by atoms with Crippen LogP contribution < -0.4 is 5.32 Å². The fourth-order valence-corrected chi connectivity index (χ4v) is 3.36. The van der Waals surface area contributed by atoms with Crippen molar-refractivity contribution in [3.63, 3.8) is 0 Å². The molecule has 9 nitrogen and oxygen atoms in total. The number of phenols is 1. The molecular weight excluding hydrogens is 398 g/mol. The first-order chi connectivity index (χ1) is 13.7. The average Bonchev–Trinajstić information content (AvgIpc) is 2.92. The van der Waals surface area contributed by atoms with Gasteiger partial charge in [-0.15, -0.1) is 0 Å². The summed E-state index contributed by atoms with van der Waals surface area (Å²) in [5.74, 6) is -1.82. The third-order valence-electron chi connectivity index (χ3n) is 4.02. The van der Waals surface area contributed by atoms with E-state index in [4.69, 9.17) is 0 Å². The van der Waals surface area contributed by atoms with Gasteiger partial charge in [0.2, 0.25) is 5.91 Å². The number of thioether (sulfide) groups is 1. The Hall–Kier alpha value is -3.66. The summed E-state index contributed by atoms with van der Waals surface area (Å²) in [6.07, 6.45) is 1.57. The molecule has 0 bridgehead atoms. The molecule has 29 heavy (non-hydrogen) atoms. The molecule has 1 aliphatic heterocycles. The highest BCUT2D eigenvalue weighted by Gasteiger charge is 2.36. The maximum Gasteiger partial charge on any atom is 0.294 e. The van der Waals surface area contributed by atoms with E-state index in [2.05, 4.69) is 5.32 Å². The maximum atomic E-state index is 12.5. The van der Waals surface area contributed by atoms with E-state index in [9.17, 15) is 29.6 Å². The molecule has 1 heterocycles. The number of benzene rings is 2. The number of nitrogens with zero attached hydrogens (tertiary/aromatic N) is 2. The monoisotopic (exact) mass is 413 g/mol. The number of nitro groups is 1. The fraction of sp³-hybridized carbons (Fsp3) is 0.105. The molecular formula is C19H15N3O6S. The SMILES string of the molecule is Cc1ccc(/C=C2\SC(=O)N(CC(=O)Nc3ccc([N+](=O)[O-])cc3O)C2=O)cc1. The molecule has 1 saturated heterocycles. The summed E-state index contributed by atoms with van der Waals surface area (Å²) in [6.45, 7) is 1.38. The van der Waals surface area contributed by atoms with E-state index in [-0.39, 0.29) is 16.3 Å². The molecule has 148 valence electrons. The summed E-state index contributed by atoms with van der Waals surface area (Å²) in [6, 6.07) is 10.5. The summed E-state index contributed by atoms with van der Waals surface area (Å²) in [5, 5.41) is 22.2. The smallest absolute Gasteiger partial charge is 0.294 e. The van der Waals surface area contributed by atoms with Crippen LogP contribution in [0.2, 0.25) is 0 Å². The Bertz CT molecular complexity index is 1050. The van der Waals surface area contributed by atoms with Crippen molar-refractivity contribution in [3.8, 4) is 5.75 Å². The quantitative estimate of drug-likeness (QED) is 0.333. The van der Waals surface area contributed by atoms with Gasteiger partial charge in [0.15, 0.2) is 0 Å². The van der Waals surface area contributed by atoms with Crippen LogP contribution in [0.15, 0.2) is 47.4 Å². The van der Waals surface area contributed by atoms with Gasteiger partial charge >= 0.3 is 0 Å². The molecule has 3 amide bonds. The number of aromatic hydroxyl groups is 1. The lowest BCUT2D eigenvalue weighted by molar-refractivity contribution is -0.384. The van der Waals surface area contributed by atoms with Gasteiger partial charge in [0.05, 0.1) is 21.6 Å². The predicted octanol–water partition coefficient (Wildman–Crippen LogP) is 3.28. The van der Waals surface area contributed by atoms with Gasteiger partial charge in [-0.3, -0.25) is 29.4 Å². The minimum atomic E-state index is -0.729. The highest BCUT2D eigenvalue weighted by Crippen LogP contribution is 2.32. The van der Waals surface area contributed by atoms with Crippen LogP contribution in [0.1, 0.15) is 11.1 Å². The molecule has 3 rings (SSSR count). The highest BCUT2D eigenvalue weighted by molar-refractivity contribution is 8.18. The summed E-state index contributed by atoms with van der Waals surface area (Å²) in [5.41, 5.74) is 1.40. The van der Waals surface area contributed by atoms with E-state index in [0.717, 1.165) is 46.0 Å². The lowest BCUT2D eigenvalue weighted by Crippen LogP contribution is -2.36. The molecule has 2 aromatic carbocycles. The van der Waals surface area contributed by atoms with Crippen LogP contribution in [0.3, 0.4) is 0 Å². The average molecular weight is 413 g/mol.